The van der Waals surface area contributed by atoms with Crippen LogP contribution < -0.4 is 5.73 Å². The van der Waals surface area contributed by atoms with Crippen LogP contribution in [-0.4, -0.2) is 23.4 Å². The van der Waals surface area contributed by atoms with E-state index in [1.165, 1.54) is 23.4 Å². The maximum Gasteiger partial charge on any atom is 0.0684 e. The molecule has 1 fully saturated rings. The predicted molar refractivity (Wildman–Crippen MR) is 63.6 cm³/mol. The van der Waals surface area contributed by atoms with Gasteiger partial charge >= 0.3 is 0 Å². The molecule has 0 aromatic heterocycles. The molecule has 0 unspecified atom stereocenters. The van der Waals surface area contributed by atoms with Gasteiger partial charge in [0.1, 0.15) is 0 Å². The van der Waals surface area contributed by atoms with E-state index >= 15 is 0 Å². The molecule has 1 saturated carbocycles. The number of rotatable bonds is 2. The van der Waals surface area contributed by atoms with Crippen molar-refractivity contribution in [1.29, 1.82) is 0 Å². The summed E-state index contributed by atoms with van der Waals surface area (Å²) in [7, 11) is 0. The van der Waals surface area contributed by atoms with E-state index < -0.39 is 0 Å². The number of nitrogens with zero attached hydrogens (tertiary/aromatic N) is 1. The summed E-state index contributed by atoms with van der Waals surface area (Å²) in [6.07, 6.45) is 2.77. The van der Waals surface area contributed by atoms with Crippen molar-refractivity contribution < 1.29 is 0 Å². The van der Waals surface area contributed by atoms with Gasteiger partial charge < -0.3 is 10.6 Å². The molecule has 2 N–H and O–H groups in total. The van der Waals surface area contributed by atoms with Crippen LogP contribution in [0.3, 0.4) is 0 Å². The lowest BCUT2D eigenvalue weighted by atomic mass is 10.4. The highest BCUT2D eigenvalue weighted by molar-refractivity contribution is 8.03. The molecule has 2 aliphatic rings. The molecule has 0 radical (unpaired) electrons. The van der Waals surface area contributed by atoms with Crippen LogP contribution in [0.1, 0.15) is 19.8 Å². The van der Waals surface area contributed by atoms with Gasteiger partial charge in [0.05, 0.1) is 5.88 Å². The number of hydrogen-bond donors (Lipinski definition) is 1. The van der Waals surface area contributed by atoms with Gasteiger partial charge in [-0.25, -0.2) is 0 Å². The second-order valence-electron chi connectivity index (χ2n) is 3.19. The van der Waals surface area contributed by atoms with Crippen LogP contribution in [-0.2, 0) is 0 Å². The lowest BCUT2D eigenvalue weighted by Gasteiger charge is -2.17. The molecule has 1 aliphatic carbocycles. The van der Waals surface area contributed by atoms with Crippen LogP contribution in [0.4, 0.5) is 0 Å². The van der Waals surface area contributed by atoms with E-state index in [0.29, 0.717) is 0 Å². The van der Waals surface area contributed by atoms with Crippen molar-refractivity contribution in [3.8, 4) is 0 Å². The Bertz CT molecular complexity index is 204. The van der Waals surface area contributed by atoms with Crippen LogP contribution in [0.5, 0.6) is 0 Å². The minimum atomic E-state index is 0. The molecule has 0 amide bonds. The molecular formula is C8H16Cl2N2S. The van der Waals surface area contributed by atoms with Crippen molar-refractivity contribution in [2.24, 2.45) is 5.73 Å². The van der Waals surface area contributed by atoms with Gasteiger partial charge in [-0.1, -0.05) is 0 Å². The highest BCUT2D eigenvalue weighted by Gasteiger charge is 2.32. The smallest absolute Gasteiger partial charge is 0.0684 e. The standard InChI is InChI=1S/C8H14N2S.2ClH/c1-6-8(4-9)11-5-10(6)7-2-3-7;;/h7H,2-5,9H2,1H3;2*1H. The zero-order valence-corrected chi connectivity index (χ0v) is 10.1. The average molecular weight is 243 g/mol. The Kier molecular flexibility index (Phi) is 5.52. The number of allylic oxidation sites excluding steroid dienone is 1. The fraction of sp³-hybridized carbons (Fsp3) is 0.750. The highest BCUT2D eigenvalue weighted by atomic mass is 35.5. The first-order chi connectivity index (χ1) is 5.33. The van der Waals surface area contributed by atoms with Crippen molar-refractivity contribution in [3.63, 3.8) is 0 Å². The fourth-order valence-electron chi connectivity index (χ4n) is 1.48. The molecule has 13 heavy (non-hydrogen) atoms. The van der Waals surface area contributed by atoms with Gasteiger partial charge in [0.25, 0.3) is 0 Å². The molecule has 2 rings (SSSR count). The minimum Gasteiger partial charge on any atom is -0.362 e. The van der Waals surface area contributed by atoms with E-state index in [1.807, 2.05) is 11.8 Å². The first kappa shape index (κ1) is 13.4. The third-order valence-electron chi connectivity index (χ3n) is 2.39. The average Bonchev–Trinajstić information content (AvgIpc) is 2.77. The molecule has 0 aromatic carbocycles. The maximum absolute atomic E-state index is 5.60. The molecule has 0 saturated heterocycles. The highest BCUT2D eigenvalue weighted by Crippen LogP contribution is 2.39. The molecular weight excluding hydrogens is 227 g/mol. The molecule has 0 atom stereocenters. The Balaban J connectivity index is 0.000000720. The van der Waals surface area contributed by atoms with Gasteiger partial charge in [-0.3, -0.25) is 0 Å². The van der Waals surface area contributed by atoms with Crippen LogP contribution in [0.15, 0.2) is 10.6 Å². The van der Waals surface area contributed by atoms with Crippen molar-refractivity contribution >= 4 is 36.6 Å². The van der Waals surface area contributed by atoms with E-state index in [0.717, 1.165) is 18.5 Å². The largest absolute Gasteiger partial charge is 0.362 e. The Morgan fingerprint density at radius 2 is 2.08 bits per heavy atom. The number of thioether (sulfide) groups is 1. The summed E-state index contributed by atoms with van der Waals surface area (Å²) >= 11 is 1.91. The quantitative estimate of drug-likeness (QED) is 0.806. The predicted octanol–water partition coefficient (Wildman–Crippen LogP) is 2.19. The van der Waals surface area contributed by atoms with Gasteiger partial charge in [-0.05, 0) is 19.8 Å². The third kappa shape index (κ3) is 2.69. The van der Waals surface area contributed by atoms with Crippen molar-refractivity contribution in [1.82, 2.24) is 4.90 Å². The molecule has 1 aliphatic heterocycles. The molecule has 0 spiro atoms. The zero-order chi connectivity index (χ0) is 7.84. The lowest BCUT2D eigenvalue weighted by Crippen LogP contribution is -2.19. The normalized spacial score (nSPS) is 21.2. The second kappa shape index (κ2) is 5.35. The van der Waals surface area contributed by atoms with Gasteiger partial charge in [-0.2, -0.15) is 0 Å². The Hall–Kier alpha value is 0.430. The van der Waals surface area contributed by atoms with Crippen molar-refractivity contribution in [3.05, 3.63) is 10.6 Å². The Morgan fingerprint density at radius 3 is 2.46 bits per heavy atom. The van der Waals surface area contributed by atoms with Gasteiger partial charge in [0.15, 0.2) is 0 Å². The fourth-order valence-corrected chi connectivity index (χ4v) is 2.62. The summed E-state index contributed by atoms with van der Waals surface area (Å²) in [4.78, 5) is 3.88. The monoisotopic (exact) mass is 242 g/mol. The topological polar surface area (TPSA) is 29.3 Å². The lowest BCUT2D eigenvalue weighted by molar-refractivity contribution is 0.399. The maximum atomic E-state index is 5.60. The van der Waals surface area contributed by atoms with E-state index in [9.17, 15) is 0 Å². The van der Waals surface area contributed by atoms with E-state index in [4.69, 9.17) is 5.73 Å². The van der Waals surface area contributed by atoms with Crippen LogP contribution >= 0.6 is 36.6 Å². The number of halogens is 2. The van der Waals surface area contributed by atoms with Crippen LogP contribution in [0, 0.1) is 0 Å². The molecule has 0 aromatic rings. The number of hydrogen-bond acceptors (Lipinski definition) is 3. The summed E-state index contributed by atoms with van der Waals surface area (Å²) in [6.45, 7) is 2.92. The summed E-state index contributed by atoms with van der Waals surface area (Å²) in [5.41, 5.74) is 7.03. The molecule has 78 valence electrons. The summed E-state index contributed by atoms with van der Waals surface area (Å²) in [6, 6.07) is 0.853. The van der Waals surface area contributed by atoms with Crippen molar-refractivity contribution in [2.45, 2.75) is 25.8 Å². The third-order valence-corrected chi connectivity index (χ3v) is 3.60. The summed E-state index contributed by atoms with van der Waals surface area (Å²) < 4.78 is 0. The van der Waals surface area contributed by atoms with Gasteiger partial charge in [0.2, 0.25) is 0 Å². The molecule has 0 bridgehead atoms. The Labute approximate surface area is 96.1 Å². The van der Waals surface area contributed by atoms with E-state index in [2.05, 4.69) is 11.8 Å². The van der Waals surface area contributed by atoms with Crippen LogP contribution in [0.25, 0.3) is 0 Å². The molecule has 1 heterocycles. The molecule has 5 heteroatoms. The zero-order valence-electron chi connectivity index (χ0n) is 7.66. The summed E-state index contributed by atoms with van der Waals surface area (Å²) in [5, 5.41) is 0. The van der Waals surface area contributed by atoms with Crippen molar-refractivity contribution in [2.75, 3.05) is 12.4 Å². The van der Waals surface area contributed by atoms with Gasteiger partial charge in [0, 0.05) is 23.2 Å². The van der Waals surface area contributed by atoms with E-state index in [-0.39, 0.29) is 24.8 Å². The molecule has 2 nitrogen and oxygen atoms in total. The van der Waals surface area contributed by atoms with Gasteiger partial charge in [-0.15, -0.1) is 36.6 Å². The minimum absolute atomic E-state index is 0. The first-order valence-corrected chi connectivity index (χ1v) is 5.10. The second-order valence-corrected chi connectivity index (χ2v) is 4.23. The SMILES string of the molecule is CC1=C(CN)SCN1C1CC1.Cl.Cl. The van der Waals surface area contributed by atoms with E-state index in [1.54, 1.807) is 0 Å². The first-order valence-electron chi connectivity index (χ1n) is 4.12. The van der Waals surface area contributed by atoms with Crippen LogP contribution in [0.2, 0.25) is 0 Å². The summed E-state index contributed by atoms with van der Waals surface area (Å²) in [5.74, 6) is 1.14. The number of nitrogens with two attached hydrogens (primary N) is 1. The Morgan fingerprint density at radius 1 is 1.46 bits per heavy atom.